The van der Waals surface area contributed by atoms with Crippen molar-refractivity contribution in [1.29, 1.82) is 0 Å². The molecule has 0 saturated carbocycles. The van der Waals surface area contributed by atoms with Crippen molar-refractivity contribution in [3.63, 3.8) is 0 Å². The molecule has 0 amide bonds. The molecule has 2 unspecified atom stereocenters. The molecule has 2 rings (SSSR count). The first-order valence-corrected chi connectivity index (χ1v) is 9.40. The molecule has 1 saturated heterocycles. The molecule has 1 aromatic carbocycles. The quantitative estimate of drug-likeness (QED) is 0.643. The van der Waals surface area contributed by atoms with Crippen molar-refractivity contribution in [3.8, 4) is 0 Å². The Hall–Kier alpha value is -0.510. The first-order valence-electron chi connectivity index (χ1n) is 8.41. The van der Waals surface area contributed by atoms with E-state index in [4.69, 9.17) is 4.74 Å². The topological polar surface area (TPSA) is 21.3 Å². The summed E-state index contributed by atoms with van der Waals surface area (Å²) in [5.74, 6) is 1.16. The lowest BCUT2D eigenvalue weighted by Gasteiger charge is -2.19. The molecule has 1 aliphatic rings. The van der Waals surface area contributed by atoms with Gasteiger partial charge in [-0.05, 0) is 57.2 Å². The molecule has 3 heteroatoms. The van der Waals surface area contributed by atoms with Crippen molar-refractivity contribution < 1.29 is 4.74 Å². The van der Waals surface area contributed by atoms with Gasteiger partial charge < -0.3 is 10.1 Å². The van der Waals surface area contributed by atoms with E-state index in [1.807, 2.05) is 11.8 Å². The van der Waals surface area contributed by atoms with Crippen LogP contribution in [0.15, 0.2) is 35.2 Å². The Morgan fingerprint density at radius 2 is 2.19 bits per heavy atom. The Kier molecular flexibility index (Phi) is 8.23. The van der Waals surface area contributed by atoms with Crippen LogP contribution in [0.3, 0.4) is 0 Å². The Labute approximate surface area is 134 Å². The third kappa shape index (κ3) is 6.86. The van der Waals surface area contributed by atoms with E-state index in [0.717, 1.165) is 18.9 Å². The monoisotopic (exact) mass is 307 g/mol. The summed E-state index contributed by atoms with van der Waals surface area (Å²) < 4.78 is 5.72. The van der Waals surface area contributed by atoms with Crippen LogP contribution in [-0.4, -0.2) is 31.1 Å². The predicted octanol–water partition coefficient (Wildman–Crippen LogP) is 4.50. The van der Waals surface area contributed by atoms with Crippen molar-refractivity contribution in [2.45, 2.75) is 62.5 Å². The molecule has 0 aliphatic carbocycles. The molecule has 0 radical (unpaired) electrons. The number of thioether (sulfide) groups is 1. The average Bonchev–Trinajstić information content (AvgIpc) is 3.04. The zero-order chi connectivity index (χ0) is 14.8. The Balaban J connectivity index is 1.68. The first kappa shape index (κ1) is 16.9. The van der Waals surface area contributed by atoms with Crippen LogP contribution in [0.25, 0.3) is 0 Å². The summed E-state index contributed by atoms with van der Waals surface area (Å²) in [6.45, 7) is 4.34. The molecule has 1 aliphatic heterocycles. The van der Waals surface area contributed by atoms with E-state index in [0.29, 0.717) is 12.1 Å². The molecule has 0 spiro atoms. The van der Waals surface area contributed by atoms with E-state index in [9.17, 15) is 0 Å². The van der Waals surface area contributed by atoms with Crippen molar-refractivity contribution >= 4 is 11.8 Å². The third-order valence-electron chi connectivity index (χ3n) is 3.98. The highest BCUT2D eigenvalue weighted by Crippen LogP contribution is 2.22. The Morgan fingerprint density at radius 1 is 1.33 bits per heavy atom. The predicted molar refractivity (Wildman–Crippen MR) is 92.1 cm³/mol. The van der Waals surface area contributed by atoms with Crippen LogP contribution < -0.4 is 5.32 Å². The van der Waals surface area contributed by atoms with Crippen LogP contribution in [0.1, 0.15) is 45.4 Å². The summed E-state index contributed by atoms with van der Waals surface area (Å²) >= 11 is 1.97. The van der Waals surface area contributed by atoms with Gasteiger partial charge in [-0.25, -0.2) is 0 Å². The summed E-state index contributed by atoms with van der Waals surface area (Å²) in [6, 6.07) is 11.3. The third-order valence-corrected chi connectivity index (χ3v) is 5.15. The van der Waals surface area contributed by atoms with Crippen molar-refractivity contribution in [3.05, 3.63) is 30.3 Å². The standard InChI is InChI=1S/C18H29NOS/c1-2-13-19-16(8-6-9-17-10-7-14-20-17)15-21-18-11-4-3-5-12-18/h3-5,11-12,16-17,19H,2,6-10,13-15H2,1H3. The van der Waals surface area contributed by atoms with Gasteiger partial charge in [-0.3, -0.25) is 0 Å². The molecule has 2 nitrogen and oxygen atoms in total. The number of ether oxygens (including phenoxy) is 1. The maximum atomic E-state index is 5.72. The van der Waals surface area contributed by atoms with E-state index in [1.165, 1.54) is 43.4 Å². The summed E-state index contributed by atoms with van der Waals surface area (Å²) in [6.07, 6.45) is 8.05. The second-order valence-corrected chi connectivity index (χ2v) is 6.93. The molecule has 1 fully saturated rings. The second-order valence-electron chi connectivity index (χ2n) is 5.84. The maximum absolute atomic E-state index is 5.72. The van der Waals surface area contributed by atoms with Gasteiger partial charge in [0.2, 0.25) is 0 Å². The van der Waals surface area contributed by atoms with Crippen molar-refractivity contribution in [2.75, 3.05) is 18.9 Å². The minimum atomic E-state index is 0.540. The smallest absolute Gasteiger partial charge is 0.0576 e. The summed E-state index contributed by atoms with van der Waals surface area (Å²) in [7, 11) is 0. The molecule has 2 atom stereocenters. The van der Waals surface area contributed by atoms with Crippen LogP contribution in [0.4, 0.5) is 0 Å². The van der Waals surface area contributed by atoms with E-state index < -0.39 is 0 Å². The summed E-state index contributed by atoms with van der Waals surface area (Å²) in [5, 5.41) is 3.70. The van der Waals surface area contributed by atoms with Gasteiger partial charge in [0, 0.05) is 23.3 Å². The number of hydrogen-bond acceptors (Lipinski definition) is 3. The minimum Gasteiger partial charge on any atom is -0.378 e. The molecular weight excluding hydrogens is 278 g/mol. The second kappa shape index (κ2) is 10.3. The molecule has 1 N–H and O–H groups in total. The zero-order valence-electron chi connectivity index (χ0n) is 13.2. The fourth-order valence-electron chi connectivity index (χ4n) is 2.77. The van der Waals surface area contributed by atoms with Gasteiger partial charge in [0.15, 0.2) is 0 Å². The van der Waals surface area contributed by atoms with E-state index in [1.54, 1.807) is 0 Å². The maximum Gasteiger partial charge on any atom is 0.0576 e. The van der Waals surface area contributed by atoms with Crippen LogP contribution in [-0.2, 0) is 4.74 Å². The van der Waals surface area contributed by atoms with Crippen molar-refractivity contribution in [2.24, 2.45) is 0 Å². The molecule has 0 aromatic heterocycles. The number of hydrogen-bond donors (Lipinski definition) is 1. The Bertz CT molecular complexity index is 365. The van der Waals surface area contributed by atoms with Gasteiger partial charge in [0.1, 0.15) is 0 Å². The van der Waals surface area contributed by atoms with Crippen LogP contribution in [0, 0.1) is 0 Å². The SMILES string of the molecule is CCCNC(CCCC1CCCO1)CSc1ccccc1. The average molecular weight is 308 g/mol. The number of rotatable bonds is 10. The molecule has 21 heavy (non-hydrogen) atoms. The van der Waals surface area contributed by atoms with E-state index >= 15 is 0 Å². The first-order chi connectivity index (χ1) is 10.4. The van der Waals surface area contributed by atoms with Gasteiger partial charge >= 0.3 is 0 Å². The molecule has 0 bridgehead atoms. The number of benzene rings is 1. The van der Waals surface area contributed by atoms with Gasteiger partial charge in [0.05, 0.1) is 6.10 Å². The highest BCUT2D eigenvalue weighted by molar-refractivity contribution is 7.99. The summed E-state index contributed by atoms with van der Waals surface area (Å²) in [5.41, 5.74) is 0. The van der Waals surface area contributed by atoms with Gasteiger partial charge in [-0.1, -0.05) is 25.1 Å². The fraction of sp³-hybridized carbons (Fsp3) is 0.667. The van der Waals surface area contributed by atoms with Crippen LogP contribution in [0.2, 0.25) is 0 Å². The normalized spacial score (nSPS) is 19.8. The minimum absolute atomic E-state index is 0.540. The summed E-state index contributed by atoms with van der Waals surface area (Å²) in [4.78, 5) is 1.37. The Morgan fingerprint density at radius 3 is 2.90 bits per heavy atom. The van der Waals surface area contributed by atoms with E-state index in [2.05, 4.69) is 42.6 Å². The lowest BCUT2D eigenvalue weighted by molar-refractivity contribution is 0.101. The lowest BCUT2D eigenvalue weighted by atomic mass is 10.1. The van der Waals surface area contributed by atoms with E-state index in [-0.39, 0.29) is 0 Å². The lowest BCUT2D eigenvalue weighted by Crippen LogP contribution is -2.32. The zero-order valence-corrected chi connectivity index (χ0v) is 14.0. The van der Waals surface area contributed by atoms with Crippen molar-refractivity contribution in [1.82, 2.24) is 5.32 Å². The van der Waals surface area contributed by atoms with Crippen LogP contribution in [0.5, 0.6) is 0 Å². The fourth-order valence-corrected chi connectivity index (χ4v) is 3.80. The van der Waals surface area contributed by atoms with Gasteiger partial charge in [-0.15, -0.1) is 11.8 Å². The molecule has 1 heterocycles. The van der Waals surface area contributed by atoms with Gasteiger partial charge in [0.25, 0.3) is 0 Å². The molecular formula is C18H29NOS. The highest BCUT2D eigenvalue weighted by atomic mass is 32.2. The van der Waals surface area contributed by atoms with Gasteiger partial charge in [-0.2, -0.15) is 0 Å². The highest BCUT2D eigenvalue weighted by Gasteiger charge is 2.16. The number of nitrogens with one attached hydrogen (secondary N) is 1. The molecule has 118 valence electrons. The largest absolute Gasteiger partial charge is 0.378 e. The van der Waals surface area contributed by atoms with Crippen LogP contribution >= 0.6 is 11.8 Å². The molecule has 1 aromatic rings.